The van der Waals surface area contributed by atoms with Gasteiger partial charge < -0.3 is 10.5 Å². The lowest BCUT2D eigenvalue weighted by atomic mass is 10.1. The molecular weight excluding hydrogens is 236 g/mol. The summed E-state index contributed by atoms with van der Waals surface area (Å²) >= 11 is 0. The van der Waals surface area contributed by atoms with Gasteiger partial charge in [-0.1, -0.05) is 6.07 Å². The van der Waals surface area contributed by atoms with E-state index in [0.29, 0.717) is 5.88 Å². The van der Waals surface area contributed by atoms with Crippen LogP contribution in [-0.4, -0.2) is 4.98 Å². The Morgan fingerprint density at radius 3 is 2.58 bits per heavy atom. The zero-order chi connectivity index (χ0) is 14.0. The van der Waals surface area contributed by atoms with Crippen LogP contribution < -0.4 is 10.5 Å². The van der Waals surface area contributed by atoms with E-state index in [0.717, 1.165) is 16.9 Å². The SMILES string of the molecule is Cc1cc(C)c(C)c(Oc2cc(C(C)N)ccn2)c1. The highest BCUT2D eigenvalue weighted by Crippen LogP contribution is 2.28. The van der Waals surface area contributed by atoms with Crippen molar-refractivity contribution in [3.63, 3.8) is 0 Å². The monoisotopic (exact) mass is 256 g/mol. The third-order valence-electron chi connectivity index (χ3n) is 3.26. The number of ether oxygens (including phenoxy) is 1. The molecule has 1 aromatic carbocycles. The maximum Gasteiger partial charge on any atom is 0.219 e. The van der Waals surface area contributed by atoms with Gasteiger partial charge in [-0.2, -0.15) is 0 Å². The molecule has 100 valence electrons. The highest BCUT2D eigenvalue weighted by molar-refractivity contribution is 5.43. The molecule has 0 amide bonds. The van der Waals surface area contributed by atoms with Crippen LogP contribution in [0.15, 0.2) is 30.5 Å². The van der Waals surface area contributed by atoms with Crippen molar-refractivity contribution in [2.24, 2.45) is 5.73 Å². The first-order chi connectivity index (χ1) is 8.97. The van der Waals surface area contributed by atoms with Gasteiger partial charge >= 0.3 is 0 Å². The summed E-state index contributed by atoms with van der Waals surface area (Å²) < 4.78 is 5.89. The number of aromatic nitrogens is 1. The minimum Gasteiger partial charge on any atom is -0.439 e. The van der Waals surface area contributed by atoms with Gasteiger partial charge in [0.25, 0.3) is 0 Å². The number of benzene rings is 1. The Morgan fingerprint density at radius 2 is 1.89 bits per heavy atom. The van der Waals surface area contributed by atoms with E-state index in [9.17, 15) is 0 Å². The van der Waals surface area contributed by atoms with E-state index in [-0.39, 0.29) is 6.04 Å². The molecule has 3 heteroatoms. The van der Waals surface area contributed by atoms with Gasteiger partial charge in [-0.05, 0) is 62.1 Å². The molecule has 2 rings (SSSR count). The lowest BCUT2D eigenvalue weighted by Gasteiger charge is -2.12. The second-order valence-corrected chi connectivity index (χ2v) is 5.02. The summed E-state index contributed by atoms with van der Waals surface area (Å²) in [5.41, 5.74) is 10.4. The summed E-state index contributed by atoms with van der Waals surface area (Å²) in [4.78, 5) is 4.24. The van der Waals surface area contributed by atoms with E-state index in [2.05, 4.69) is 31.8 Å². The topological polar surface area (TPSA) is 48.1 Å². The normalized spacial score (nSPS) is 12.3. The Bertz CT molecular complexity index is 591. The maximum atomic E-state index is 5.89. The van der Waals surface area contributed by atoms with E-state index in [1.807, 2.05) is 25.1 Å². The van der Waals surface area contributed by atoms with Gasteiger partial charge in [0.05, 0.1) is 0 Å². The summed E-state index contributed by atoms with van der Waals surface area (Å²) in [6, 6.07) is 7.95. The first kappa shape index (κ1) is 13.6. The molecule has 0 saturated carbocycles. The van der Waals surface area contributed by atoms with Crippen molar-refractivity contribution in [2.75, 3.05) is 0 Å². The third-order valence-corrected chi connectivity index (χ3v) is 3.26. The molecule has 1 unspecified atom stereocenters. The number of hydrogen-bond donors (Lipinski definition) is 1. The molecule has 0 aliphatic carbocycles. The van der Waals surface area contributed by atoms with Crippen molar-refractivity contribution in [1.82, 2.24) is 4.98 Å². The van der Waals surface area contributed by atoms with Gasteiger partial charge in [0, 0.05) is 18.3 Å². The Morgan fingerprint density at radius 1 is 1.16 bits per heavy atom. The predicted octanol–water partition coefficient (Wildman–Crippen LogP) is 3.82. The second kappa shape index (κ2) is 5.41. The fourth-order valence-corrected chi connectivity index (χ4v) is 1.98. The average molecular weight is 256 g/mol. The Kier molecular flexibility index (Phi) is 3.86. The van der Waals surface area contributed by atoms with Crippen molar-refractivity contribution in [1.29, 1.82) is 0 Å². The number of nitrogens with two attached hydrogens (primary N) is 1. The molecule has 0 aliphatic heterocycles. The van der Waals surface area contributed by atoms with Gasteiger partial charge in [-0.3, -0.25) is 0 Å². The van der Waals surface area contributed by atoms with Crippen LogP contribution in [0.25, 0.3) is 0 Å². The molecule has 1 heterocycles. The minimum atomic E-state index is -0.0225. The number of hydrogen-bond acceptors (Lipinski definition) is 3. The van der Waals surface area contributed by atoms with Crippen LogP contribution >= 0.6 is 0 Å². The minimum absolute atomic E-state index is 0.0225. The molecule has 0 radical (unpaired) electrons. The summed E-state index contributed by atoms with van der Waals surface area (Å²) in [6.07, 6.45) is 1.73. The van der Waals surface area contributed by atoms with E-state index in [1.165, 1.54) is 11.1 Å². The molecule has 2 aromatic rings. The van der Waals surface area contributed by atoms with Crippen molar-refractivity contribution < 1.29 is 4.74 Å². The number of nitrogens with zero attached hydrogens (tertiary/aromatic N) is 1. The van der Waals surface area contributed by atoms with Crippen LogP contribution in [0.3, 0.4) is 0 Å². The van der Waals surface area contributed by atoms with Crippen LogP contribution in [0.5, 0.6) is 11.6 Å². The van der Waals surface area contributed by atoms with Crippen LogP contribution in [-0.2, 0) is 0 Å². The van der Waals surface area contributed by atoms with Gasteiger partial charge in [0.1, 0.15) is 5.75 Å². The van der Waals surface area contributed by atoms with Crippen molar-refractivity contribution in [3.05, 3.63) is 52.7 Å². The molecule has 1 atom stereocenters. The van der Waals surface area contributed by atoms with E-state index < -0.39 is 0 Å². The van der Waals surface area contributed by atoms with Gasteiger partial charge in [-0.25, -0.2) is 4.98 Å². The third kappa shape index (κ3) is 3.12. The summed E-state index contributed by atoms with van der Waals surface area (Å²) in [6.45, 7) is 8.15. The first-order valence-corrected chi connectivity index (χ1v) is 6.44. The summed E-state index contributed by atoms with van der Waals surface area (Å²) in [7, 11) is 0. The molecule has 0 bridgehead atoms. The molecule has 3 nitrogen and oxygen atoms in total. The summed E-state index contributed by atoms with van der Waals surface area (Å²) in [5.74, 6) is 1.44. The number of pyridine rings is 1. The van der Waals surface area contributed by atoms with Gasteiger partial charge in [0.2, 0.25) is 5.88 Å². The fraction of sp³-hybridized carbons (Fsp3) is 0.312. The van der Waals surface area contributed by atoms with E-state index in [4.69, 9.17) is 10.5 Å². The number of aryl methyl sites for hydroxylation is 2. The molecule has 0 saturated heterocycles. The van der Waals surface area contributed by atoms with Gasteiger partial charge in [0.15, 0.2) is 0 Å². The first-order valence-electron chi connectivity index (χ1n) is 6.44. The Balaban J connectivity index is 2.33. The molecule has 0 aliphatic rings. The van der Waals surface area contributed by atoms with E-state index in [1.54, 1.807) is 6.20 Å². The van der Waals surface area contributed by atoms with Crippen LogP contribution in [0.4, 0.5) is 0 Å². The van der Waals surface area contributed by atoms with E-state index >= 15 is 0 Å². The molecule has 0 spiro atoms. The van der Waals surface area contributed by atoms with Gasteiger partial charge in [-0.15, -0.1) is 0 Å². The fourth-order valence-electron chi connectivity index (χ4n) is 1.98. The van der Waals surface area contributed by atoms with Crippen LogP contribution in [0.1, 0.15) is 35.2 Å². The van der Waals surface area contributed by atoms with Crippen molar-refractivity contribution in [2.45, 2.75) is 33.7 Å². The second-order valence-electron chi connectivity index (χ2n) is 5.02. The predicted molar refractivity (Wildman–Crippen MR) is 77.6 cm³/mol. The Hall–Kier alpha value is -1.87. The largest absolute Gasteiger partial charge is 0.439 e. The molecular formula is C16H20N2O. The van der Waals surface area contributed by atoms with Crippen LogP contribution in [0, 0.1) is 20.8 Å². The molecule has 2 N–H and O–H groups in total. The quantitative estimate of drug-likeness (QED) is 0.908. The van der Waals surface area contributed by atoms with Crippen molar-refractivity contribution in [3.8, 4) is 11.6 Å². The highest BCUT2D eigenvalue weighted by Gasteiger charge is 2.07. The summed E-state index contributed by atoms with van der Waals surface area (Å²) in [5, 5.41) is 0. The van der Waals surface area contributed by atoms with Crippen LogP contribution in [0.2, 0.25) is 0 Å². The smallest absolute Gasteiger partial charge is 0.219 e. The lowest BCUT2D eigenvalue weighted by Crippen LogP contribution is -2.05. The van der Waals surface area contributed by atoms with Crippen molar-refractivity contribution >= 4 is 0 Å². The molecule has 1 aromatic heterocycles. The molecule has 0 fully saturated rings. The maximum absolute atomic E-state index is 5.89. The Labute approximate surface area is 114 Å². The standard InChI is InChI=1S/C16H20N2O/c1-10-7-11(2)12(3)15(8-10)19-16-9-14(13(4)17)5-6-18-16/h5-9,13H,17H2,1-4H3. The zero-order valence-corrected chi connectivity index (χ0v) is 11.9. The number of rotatable bonds is 3. The lowest BCUT2D eigenvalue weighted by molar-refractivity contribution is 0.457. The molecule has 19 heavy (non-hydrogen) atoms. The highest BCUT2D eigenvalue weighted by atomic mass is 16.5. The average Bonchev–Trinajstić information content (AvgIpc) is 2.35. The zero-order valence-electron chi connectivity index (χ0n) is 11.9.